The second-order valence-corrected chi connectivity index (χ2v) is 7.25. The van der Waals surface area contributed by atoms with E-state index in [1.807, 2.05) is 0 Å². The second-order valence-electron chi connectivity index (χ2n) is 7.25. The van der Waals surface area contributed by atoms with E-state index in [-0.39, 0.29) is 18.9 Å². The van der Waals surface area contributed by atoms with Crippen LogP contribution in [0.15, 0.2) is 0 Å². The molecule has 0 bridgehead atoms. The Labute approximate surface area is 163 Å². The Balaban J connectivity index is 2.77. The van der Waals surface area contributed by atoms with Crippen LogP contribution in [-0.2, 0) is 19.2 Å². The van der Waals surface area contributed by atoms with E-state index < -0.39 is 61.1 Å². The van der Waals surface area contributed by atoms with Crippen LogP contribution >= 0.6 is 0 Å². The van der Waals surface area contributed by atoms with Crippen LogP contribution in [0, 0.1) is 5.92 Å². The Bertz CT molecular complexity index is 584. The lowest BCUT2D eigenvalue weighted by Gasteiger charge is -2.27. The molecule has 0 spiro atoms. The minimum Gasteiger partial charge on any atom is -0.480 e. The first-order valence-electron chi connectivity index (χ1n) is 9.23. The van der Waals surface area contributed by atoms with Crippen LogP contribution in [0.4, 0.5) is 0 Å². The fourth-order valence-corrected chi connectivity index (χ4v) is 3.02. The first kappa shape index (κ1) is 23.8. The summed E-state index contributed by atoms with van der Waals surface area (Å²) in [5, 5.41) is 32.4. The Morgan fingerprint density at radius 2 is 1.75 bits per heavy atom. The molecule has 1 rings (SSSR count). The maximum Gasteiger partial charge on any atom is 0.326 e. The van der Waals surface area contributed by atoms with Gasteiger partial charge in [0, 0.05) is 6.54 Å². The maximum absolute atomic E-state index is 12.5. The highest BCUT2D eigenvalue weighted by molar-refractivity contribution is 5.94. The van der Waals surface area contributed by atoms with Gasteiger partial charge in [-0.15, -0.1) is 0 Å². The highest BCUT2D eigenvalue weighted by atomic mass is 16.4. The van der Waals surface area contributed by atoms with Crippen molar-refractivity contribution in [2.75, 3.05) is 19.8 Å². The van der Waals surface area contributed by atoms with E-state index >= 15 is 0 Å². The number of rotatable bonds is 10. The van der Waals surface area contributed by atoms with Crippen molar-refractivity contribution >= 4 is 23.7 Å². The number of carbonyl (C=O) groups is 4. The van der Waals surface area contributed by atoms with E-state index in [1.165, 1.54) is 4.90 Å². The maximum atomic E-state index is 12.5. The molecule has 28 heavy (non-hydrogen) atoms. The molecule has 1 saturated heterocycles. The number of nitrogens with zero attached hydrogens (tertiary/aromatic N) is 1. The first-order chi connectivity index (χ1) is 13.1. The van der Waals surface area contributed by atoms with Crippen LogP contribution in [0.1, 0.15) is 33.1 Å². The van der Waals surface area contributed by atoms with E-state index in [4.69, 9.17) is 10.8 Å². The lowest BCUT2D eigenvalue weighted by molar-refractivity contribution is -0.144. The third kappa shape index (κ3) is 6.43. The van der Waals surface area contributed by atoms with E-state index in [2.05, 4.69) is 10.6 Å². The fourth-order valence-electron chi connectivity index (χ4n) is 3.02. The van der Waals surface area contributed by atoms with Gasteiger partial charge in [-0.3, -0.25) is 14.4 Å². The van der Waals surface area contributed by atoms with E-state index in [0.717, 1.165) is 0 Å². The highest BCUT2D eigenvalue weighted by Gasteiger charge is 2.37. The van der Waals surface area contributed by atoms with Gasteiger partial charge in [0.1, 0.15) is 24.2 Å². The number of likely N-dealkylation sites (tertiary alicyclic amines) is 1. The summed E-state index contributed by atoms with van der Waals surface area (Å²) < 4.78 is 0. The zero-order valence-corrected chi connectivity index (χ0v) is 16.1. The number of carboxylic acid groups (broad SMARTS) is 1. The molecule has 0 aromatic carbocycles. The Morgan fingerprint density at radius 1 is 1.11 bits per heavy atom. The number of aliphatic hydroxyl groups is 2. The minimum atomic E-state index is -1.36. The van der Waals surface area contributed by atoms with Gasteiger partial charge >= 0.3 is 5.97 Å². The molecule has 11 nitrogen and oxygen atoms in total. The molecule has 160 valence electrons. The molecule has 0 radical (unpaired) electrons. The number of amides is 3. The van der Waals surface area contributed by atoms with Gasteiger partial charge in [-0.2, -0.15) is 0 Å². The van der Waals surface area contributed by atoms with Crippen molar-refractivity contribution in [2.45, 2.75) is 57.3 Å². The summed E-state index contributed by atoms with van der Waals surface area (Å²) in [6, 6.07) is -4.52. The molecule has 0 aromatic heterocycles. The minimum absolute atomic E-state index is 0.0114. The summed E-state index contributed by atoms with van der Waals surface area (Å²) in [4.78, 5) is 49.5. The van der Waals surface area contributed by atoms with Gasteiger partial charge in [0.15, 0.2) is 0 Å². The number of hydrogen-bond acceptors (Lipinski definition) is 7. The fraction of sp³-hybridized carbons (Fsp3) is 0.765. The topological polar surface area (TPSA) is 182 Å². The average molecular weight is 402 g/mol. The number of nitrogens with one attached hydrogen (secondary N) is 2. The first-order valence-corrected chi connectivity index (χ1v) is 9.23. The van der Waals surface area contributed by atoms with Gasteiger partial charge in [0.25, 0.3) is 0 Å². The zero-order chi connectivity index (χ0) is 21.4. The summed E-state index contributed by atoms with van der Waals surface area (Å²) in [5.74, 6) is -3.26. The lowest BCUT2D eigenvalue weighted by atomic mass is 10.0. The van der Waals surface area contributed by atoms with E-state index in [9.17, 15) is 29.4 Å². The van der Waals surface area contributed by atoms with Crippen molar-refractivity contribution in [3.8, 4) is 0 Å². The number of hydrogen-bond donors (Lipinski definition) is 6. The number of aliphatic hydroxyl groups excluding tert-OH is 2. The largest absolute Gasteiger partial charge is 0.480 e. The monoisotopic (exact) mass is 402 g/mol. The van der Waals surface area contributed by atoms with E-state index in [1.54, 1.807) is 13.8 Å². The molecule has 1 aliphatic rings. The molecular formula is C17H30N4O7. The normalized spacial score (nSPS) is 19.8. The molecule has 7 N–H and O–H groups in total. The summed E-state index contributed by atoms with van der Waals surface area (Å²) in [5.41, 5.74) is 5.52. The molecule has 1 heterocycles. The highest BCUT2D eigenvalue weighted by Crippen LogP contribution is 2.18. The summed E-state index contributed by atoms with van der Waals surface area (Å²) in [6.45, 7) is 2.60. The number of nitrogens with two attached hydrogens (primary N) is 1. The van der Waals surface area contributed by atoms with Crippen molar-refractivity contribution in [2.24, 2.45) is 11.7 Å². The van der Waals surface area contributed by atoms with Crippen LogP contribution in [0.3, 0.4) is 0 Å². The predicted molar refractivity (Wildman–Crippen MR) is 97.8 cm³/mol. The van der Waals surface area contributed by atoms with Crippen molar-refractivity contribution < 1.29 is 34.5 Å². The molecule has 3 amide bonds. The van der Waals surface area contributed by atoms with Crippen molar-refractivity contribution in [1.29, 1.82) is 0 Å². The second kappa shape index (κ2) is 10.9. The Morgan fingerprint density at radius 3 is 2.25 bits per heavy atom. The molecule has 0 aromatic rings. The summed E-state index contributed by atoms with van der Waals surface area (Å²) in [6.07, 6.45) is 1.09. The van der Waals surface area contributed by atoms with Crippen molar-refractivity contribution in [1.82, 2.24) is 15.5 Å². The molecule has 1 fully saturated rings. The Hall–Kier alpha value is -2.24. The Kier molecular flexibility index (Phi) is 9.29. The molecule has 4 atom stereocenters. The van der Waals surface area contributed by atoms with Crippen LogP contribution < -0.4 is 16.4 Å². The van der Waals surface area contributed by atoms with Gasteiger partial charge in [-0.1, -0.05) is 13.8 Å². The van der Waals surface area contributed by atoms with Crippen LogP contribution in [-0.4, -0.2) is 87.8 Å². The van der Waals surface area contributed by atoms with E-state index in [0.29, 0.717) is 12.8 Å². The van der Waals surface area contributed by atoms with Gasteiger partial charge in [-0.05, 0) is 25.2 Å². The molecule has 11 heteroatoms. The van der Waals surface area contributed by atoms with Gasteiger partial charge < -0.3 is 36.6 Å². The predicted octanol–water partition coefficient (Wildman–Crippen LogP) is -2.61. The average Bonchev–Trinajstić information content (AvgIpc) is 3.13. The summed E-state index contributed by atoms with van der Waals surface area (Å²) in [7, 11) is 0. The van der Waals surface area contributed by atoms with Crippen molar-refractivity contribution in [3.63, 3.8) is 0 Å². The standard InChI is InChI=1S/C17H30N4O7/c1-9(2)6-11(17(27)28)19-14(24)12(8-23)20-15(25)13-4-3-5-21(13)16(26)10(18)7-22/h9-13,22-23H,3-8,18H2,1-2H3,(H,19,24)(H,20,25)(H,27,28). The lowest BCUT2D eigenvalue weighted by Crippen LogP contribution is -2.58. The van der Waals surface area contributed by atoms with Crippen molar-refractivity contribution in [3.05, 3.63) is 0 Å². The van der Waals surface area contributed by atoms with Gasteiger partial charge in [0.2, 0.25) is 17.7 Å². The van der Waals surface area contributed by atoms with Crippen LogP contribution in [0.2, 0.25) is 0 Å². The quantitative estimate of drug-likeness (QED) is 0.230. The molecule has 0 aliphatic carbocycles. The molecule has 4 unspecified atom stereocenters. The number of aliphatic carboxylic acids is 1. The van der Waals surface area contributed by atoms with Gasteiger partial charge in [0.05, 0.1) is 13.2 Å². The SMILES string of the molecule is CC(C)CC(NC(=O)C(CO)NC(=O)C1CCCN1C(=O)C(N)CO)C(=O)O. The third-order valence-electron chi connectivity index (χ3n) is 4.49. The third-order valence-corrected chi connectivity index (χ3v) is 4.49. The molecule has 0 saturated carbocycles. The van der Waals surface area contributed by atoms with Gasteiger partial charge in [-0.25, -0.2) is 4.79 Å². The smallest absolute Gasteiger partial charge is 0.326 e. The number of carboxylic acids is 1. The molecular weight excluding hydrogens is 372 g/mol. The summed E-state index contributed by atoms with van der Waals surface area (Å²) >= 11 is 0. The van der Waals surface area contributed by atoms with Crippen LogP contribution in [0.5, 0.6) is 0 Å². The van der Waals surface area contributed by atoms with Crippen LogP contribution in [0.25, 0.3) is 0 Å². The molecule has 1 aliphatic heterocycles. The number of carbonyl (C=O) groups excluding carboxylic acids is 3. The zero-order valence-electron chi connectivity index (χ0n) is 16.1.